The number of anilines is 1. The number of nitrogens with zero attached hydrogens (tertiary/aromatic N) is 3. The Morgan fingerprint density at radius 3 is 2.65 bits per heavy atom. The van der Waals surface area contributed by atoms with E-state index in [1.165, 1.54) is 17.6 Å². The van der Waals surface area contributed by atoms with Crippen LogP contribution in [0, 0.1) is 5.92 Å². The van der Waals surface area contributed by atoms with Crippen LogP contribution in [0.1, 0.15) is 42.9 Å². The average Bonchev–Trinajstić information content (AvgIpc) is 3.40. The van der Waals surface area contributed by atoms with Crippen LogP contribution in [0.2, 0.25) is 0 Å². The highest BCUT2D eigenvalue weighted by Gasteiger charge is 2.28. The molecule has 2 aliphatic heterocycles. The molecule has 8 nitrogen and oxygen atoms in total. The summed E-state index contributed by atoms with van der Waals surface area (Å²) < 4.78 is 10.9. The molecule has 2 saturated heterocycles. The molecule has 0 aromatic carbocycles. The lowest BCUT2D eigenvalue weighted by Crippen LogP contribution is -2.48. The fraction of sp³-hybridized carbons (Fsp3) is 0.591. The zero-order valence-electron chi connectivity index (χ0n) is 18.1. The van der Waals surface area contributed by atoms with Crippen LogP contribution in [0.25, 0.3) is 0 Å². The standard InChI is InChI=1S/C22H30N4O4S/c1-15-11-25(12-16(2)30-15)13-17-5-7-26(8-6-17)20(27)10-18-14-31-22(23-18)24-21(28)19-4-3-9-29-19/h3-4,9,14-17H,5-8,10-13H2,1-2H3,(H,23,24,28). The van der Waals surface area contributed by atoms with Gasteiger partial charge in [-0.1, -0.05) is 0 Å². The Morgan fingerprint density at radius 2 is 1.97 bits per heavy atom. The molecule has 0 radical (unpaired) electrons. The summed E-state index contributed by atoms with van der Waals surface area (Å²) >= 11 is 1.31. The molecule has 4 heterocycles. The van der Waals surface area contributed by atoms with Gasteiger partial charge in [0.25, 0.3) is 5.91 Å². The summed E-state index contributed by atoms with van der Waals surface area (Å²) in [7, 11) is 0. The number of carbonyl (C=O) groups excluding carboxylic acids is 2. The van der Waals surface area contributed by atoms with Crippen LogP contribution >= 0.6 is 11.3 Å². The zero-order valence-corrected chi connectivity index (χ0v) is 18.9. The van der Waals surface area contributed by atoms with E-state index in [2.05, 4.69) is 29.0 Å². The minimum Gasteiger partial charge on any atom is -0.459 e. The number of hydrogen-bond donors (Lipinski definition) is 1. The lowest BCUT2D eigenvalue weighted by molar-refractivity contribution is -0.132. The fourth-order valence-corrected chi connectivity index (χ4v) is 5.15. The molecule has 2 fully saturated rings. The van der Waals surface area contributed by atoms with Crippen molar-refractivity contribution in [3.05, 3.63) is 35.2 Å². The number of likely N-dealkylation sites (tertiary alicyclic amines) is 1. The van der Waals surface area contributed by atoms with E-state index in [0.717, 1.165) is 45.6 Å². The molecule has 0 saturated carbocycles. The topological polar surface area (TPSA) is 87.9 Å². The molecule has 0 bridgehead atoms. The first-order chi connectivity index (χ1) is 15.0. The first-order valence-corrected chi connectivity index (χ1v) is 11.8. The number of aromatic nitrogens is 1. The monoisotopic (exact) mass is 446 g/mol. The summed E-state index contributed by atoms with van der Waals surface area (Å²) in [6.45, 7) is 8.94. The number of rotatable bonds is 6. The van der Waals surface area contributed by atoms with Crippen molar-refractivity contribution < 1.29 is 18.7 Å². The van der Waals surface area contributed by atoms with Crippen molar-refractivity contribution in [2.45, 2.75) is 45.3 Å². The van der Waals surface area contributed by atoms with Gasteiger partial charge in [0, 0.05) is 38.1 Å². The van der Waals surface area contributed by atoms with E-state index in [9.17, 15) is 9.59 Å². The molecule has 31 heavy (non-hydrogen) atoms. The summed E-state index contributed by atoms with van der Waals surface area (Å²) in [5.41, 5.74) is 0.683. The van der Waals surface area contributed by atoms with Crippen molar-refractivity contribution >= 4 is 28.3 Å². The Balaban J connectivity index is 1.21. The van der Waals surface area contributed by atoms with Crippen LogP contribution in [0.4, 0.5) is 5.13 Å². The largest absolute Gasteiger partial charge is 0.459 e. The highest BCUT2D eigenvalue weighted by Crippen LogP contribution is 2.22. The SMILES string of the molecule is CC1CN(CC2CCN(C(=O)Cc3csc(NC(=O)c4ccco4)n3)CC2)CC(C)O1. The molecule has 2 aromatic rings. The zero-order chi connectivity index (χ0) is 21.8. The van der Waals surface area contributed by atoms with Gasteiger partial charge in [0.2, 0.25) is 5.91 Å². The number of piperidine rings is 1. The van der Waals surface area contributed by atoms with Gasteiger partial charge in [-0.2, -0.15) is 0 Å². The first-order valence-electron chi connectivity index (χ1n) is 10.9. The van der Waals surface area contributed by atoms with Crippen LogP contribution in [0.3, 0.4) is 0 Å². The second kappa shape index (κ2) is 9.93. The third-order valence-corrected chi connectivity index (χ3v) is 6.63. The molecule has 2 amide bonds. The van der Waals surface area contributed by atoms with Gasteiger partial charge in [-0.3, -0.25) is 19.8 Å². The lowest BCUT2D eigenvalue weighted by Gasteiger charge is -2.39. The van der Waals surface area contributed by atoms with Crippen LogP contribution in [0.15, 0.2) is 28.2 Å². The summed E-state index contributed by atoms with van der Waals surface area (Å²) in [5, 5.41) is 5.00. The third kappa shape index (κ3) is 5.93. The highest BCUT2D eigenvalue weighted by molar-refractivity contribution is 7.14. The Bertz CT molecular complexity index is 866. The van der Waals surface area contributed by atoms with Crippen molar-refractivity contribution in [3.63, 3.8) is 0 Å². The van der Waals surface area contributed by atoms with Gasteiger partial charge in [-0.05, 0) is 44.7 Å². The second-order valence-corrected chi connectivity index (χ2v) is 9.41. The van der Waals surface area contributed by atoms with E-state index in [-0.39, 0.29) is 36.2 Å². The smallest absolute Gasteiger partial charge is 0.293 e. The van der Waals surface area contributed by atoms with Crippen LogP contribution < -0.4 is 5.32 Å². The van der Waals surface area contributed by atoms with Crippen molar-refractivity contribution in [2.75, 3.05) is 38.0 Å². The van der Waals surface area contributed by atoms with Gasteiger partial charge < -0.3 is 14.1 Å². The normalized spacial score (nSPS) is 23.1. The highest BCUT2D eigenvalue weighted by atomic mass is 32.1. The minimum absolute atomic E-state index is 0.0984. The van der Waals surface area contributed by atoms with Crippen LogP contribution in [0.5, 0.6) is 0 Å². The maximum atomic E-state index is 12.7. The molecule has 2 atom stereocenters. The molecule has 4 rings (SSSR count). The van der Waals surface area contributed by atoms with Gasteiger partial charge in [0.1, 0.15) is 0 Å². The Labute approximate surface area is 186 Å². The van der Waals surface area contributed by atoms with Crippen LogP contribution in [-0.2, 0) is 16.0 Å². The van der Waals surface area contributed by atoms with E-state index >= 15 is 0 Å². The van der Waals surface area contributed by atoms with E-state index < -0.39 is 0 Å². The number of furan rings is 1. The number of amides is 2. The quantitative estimate of drug-likeness (QED) is 0.734. The molecule has 1 N–H and O–H groups in total. The second-order valence-electron chi connectivity index (χ2n) is 8.55. The van der Waals surface area contributed by atoms with Gasteiger partial charge >= 0.3 is 0 Å². The van der Waals surface area contributed by atoms with E-state index in [1.807, 2.05) is 10.3 Å². The summed E-state index contributed by atoms with van der Waals surface area (Å²) in [6, 6.07) is 3.25. The van der Waals surface area contributed by atoms with Gasteiger partial charge in [0.05, 0.1) is 30.6 Å². The number of thiazole rings is 1. The first kappa shape index (κ1) is 22.0. The van der Waals surface area contributed by atoms with Gasteiger partial charge in [-0.25, -0.2) is 4.98 Å². The number of ether oxygens (including phenoxy) is 1. The predicted octanol–water partition coefficient (Wildman–Crippen LogP) is 2.88. The van der Waals surface area contributed by atoms with Crippen molar-refractivity contribution in [1.82, 2.24) is 14.8 Å². The Morgan fingerprint density at radius 1 is 1.23 bits per heavy atom. The molecule has 168 valence electrons. The summed E-state index contributed by atoms with van der Waals surface area (Å²) in [4.78, 5) is 33.6. The van der Waals surface area contributed by atoms with Gasteiger partial charge in [0.15, 0.2) is 10.9 Å². The molecule has 2 aromatic heterocycles. The molecule has 0 spiro atoms. The van der Waals surface area contributed by atoms with Crippen molar-refractivity contribution in [2.24, 2.45) is 5.92 Å². The van der Waals surface area contributed by atoms with Crippen molar-refractivity contribution in [1.29, 1.82) is 0 Å². The van der Waals surface area contributed by atoms with E-state index in [1.54, 1.807) is 12.1 Å². The molecule has 0 aliphatic carbocycles. The maximum absolute atomic E-state index is 12.7. The summed E-state index contributed by atoms with van der Waals surface area (Å²) in [6.07, 6.45) is 4.36. The molecule has 9 heteroatoms. The fourth-order valence-electron chi connectivity index (χ4n) is 4.44. The lowest BCUT2D eigenvalue weighted by atomic mass is 9.95. The third-order valence-electron chi connectivity index (χ3n) is 5.83. The number of morpholine rings is 1. The Hall–Kier alpha value is -2.23. The maximum Gasteiger partial charge on any atom is 0.293 e. The average molecular weight is 447 g/mol. The van der Waals surface area contributed by atoms with E-state index in [4.69, 9.17) is 9.15 Å². The molecular formula is C22H30N4O4S. The molecule has 2 unspecified atom stereocenters. The molecular weight excluding hydrogens is 416 g/mol. The number of hydrogen-bond acceptors (Lipinski definition) is 7. The van der Waals surface area contributed by atoms with Gasteiger partial charge in [-0.15, -0.1) is 11.3 Å². The predicted molar refractivity (Wildman–Crippen MR) is 118 cm³/mol. The van der Waals surface area contributed by atoms with E-state index in [0.29, 0.717) is 16.7 Å². The summed E-state index contributed by atoms with van der Waals surface area (Å²) in [5.74, 6) is 0.616. The van der Waals surface area contributed by atoms with Crippen molar-refractivity contribution in [3.8, 4) is 0 Å². The van der Waals surface area contributed by atoms with Crippen LogP contribution in [-0.4, -0.2) is 71.5 Å². The number of nitrogens with one attached hydrogen (secondary N) is 1. The Kier molecular flexibility index (Phi) is 7.04. The minimum atomic E-state index is -0.344. The number of carbonyl (C=O) groups is 2. The molecule has 2 aliphatic rings.